The van der Waals surface area contributed by atoms with E-state index in [1.165, 1.54) is 0 Å². The maximum Gasteiger partial charge on any atom is 0.163 e. The largest absolute Gasteiger partial charge is 0.376 e. The van der Waals surface area contributed by atoms with Crippen LogP contribution in [0.2, 0.25) is 0 Å². The Morgan fingerprint density at radius 2 is 2.50 bits per heavy atom. The number of hydrogen-bond donors (Lipinski definition) is 2. The van der Waals surface area contributed by atoms with Crippen molar-refractivity contribution in [2.24, 2.45) is 5.73 Å². The highest BCUT2D eigenvalue weighted by molar-refractivity contribution is 7.80. The SMILES string of the molecule is CN1CCC(NC(N)=S)C1. The highest BCUT2D eigenvalue weighted by atomic mass is 32.1. The Labute approximate surface area is 66.6 Å². The van der Waals surface area contributed by atoms with E-state index in [-0.39, 0.29) is 0 Å². The van der Waals surface area contributed by atoms with Crippen LogP contribution in [0.4, 0.5) is 0 Å². The molecule has 10 heavy (non-hydrogen) atoms. The van der Waals surface area contributed by atoms with E-state index in [0.717, 1.165) is 19.5 Å². The summed E-state index contributed by atoms with van der Waals surface area (Å²) < 4.78 is 0. The molecule has 0 aromatic heterocycles. The lowest BCUT2D eigenvalue weighted by Crippen LogP contribution is -2.39. The maximum absolute atomic E-state index is 5.32. The monoisotopic (exact) mass is 159 g/mol. The van der Waals surface area contributed by atoms with E-state index in [9.17, 15) is 0 Å². The van der Waals surface area contributed by atoms with Crippen molar-refractivity contribution in [3.05, 3.63) is 0 Å². The minimum absolute atomic E-state index is 0.417. The number of nitrogens with one attached hydrogen (secondary N) is 1. The fourth-order valence-corrected chi connectivity index (χ4v) is 1.42. The molecule has 1 atom stereocenters. The van der Waals surface area contributed by atoms with E-state index in [1.807, 2.05) is 0 Å². The quantitative estimate of drug-likeness (QED) is 0.507. The predicted octanol–water partition coefficient (Wildman–Crippen LogP) is -0.476. The third kappa shape index (κ3) is 2.11. The zero-order valence-corrected chi connectivity index (χ0v) is 6.95. The lowest BCUT2D eigenvalue weighted by atomic mass is 10.3. The van der Waals surface area contributed by atoms with E-state index in [0.29, 0.717) is 11.2 Å². The van der Waals surface area contributed by atoms with Gasteiger partial charge in [0.1, 0.15) is 0 Å². The molecule has 3 nitrogen and oxygen atoms in total. The third-order valence-electron chi connectivity index (χ3n) is 1.74. The van der Waals surface area contributed by atoms with Gasteiger partial charge in [0, 0.05) is 12.6 Å². The molecule has 1 unspecified atom stereocenters. The topological polar surface area (TPSA) is 41.3 Å². The Bertz CT molecular complexity index is 137. The summed E-state index contributed by atoms with van der Waals surface area (Å²) in [6.45, 7) is 2.19. The summed E-state index contributed by atoms with van der Waals surface area (Å²) in [4.78, 5) is 2.26. The molecule has 0 saturated carbocycles. The van der Waals surface area contributed by atoms with Gasteiger partial charge in [0.2, 0.25) is 0 Å². The summed E-state index contributed by atoms with van der Waals surface area (Å²) in [5.74, 6) is 0. The second-order valence-electron chi connectivity index (χ2n) is 2.76. The van der Waals surface area contributed by atoms with Crippen LogP contribution in [-0.4, -0.2) is 36.2 Å². The fraction of sp³-hybridized carbons (Fsp3) is 0.833. The van der Waals surface area contributed by atoms with Gasteiger partial charge in [0.15, 0.2) is 5.11 Å². The van der Waals surface area contributed by atoms with Crippen LogP contribution in [0.25, 0.3) is 0 Å². The first-order valence-electron chi connectivity index (χ1n) is 3.43. The summed E-state index contributed by atoms with van der Waals surface area (Å²) in [6.07, 6.45) is 1.15. The molecule has 1 heterocycles. The Balaban J connectivity index is 2.24. The van der Waals surface area contributed by atoms with Crippen molar-refractivity contribution >= 4 is 17.3 Å². The van der Waals surface area contributed by atoms with Crippen LogP contribution in [0, 0.1) is 0 Å². The van der Waals surface area contributed by atoms with Crippen molar-refractivity contribution in [1.82, 2.24) is 10.2 Å². The summed E-state index contributed by atoms with van der Waals surface area (Å²) in [6, 6.07) is 0.475. The number of likely N-dealkylation sites (N-methyl/N-ethyl adjacent to an activating group) is 1. The lowest BCUT2D eigenvalue weighted by molar-refractivity contribution is 0.407. The van der Waals surface area contributed by atoms with Gasteiger partial charge in [0.05, 0.1) is 0 Å². The summed E-state index contributed by atoms with van der Waals surface area (Å²) >= 11 is 4.72. The molecule has 3 N–H and O–H groups in total. The van der Waals surface area contributed by atoms with Gasteiger partial charge in [-0.05, 0) is 32.2 Å². The molecule has 58 valence electrons. The Morgan fingerprint density at radius 1 is 1.80 bits per heavy atom. The molecule has 0 spiro atoms. The molecule has 0 aliphatic carbocycles. The zero-order valence-electron chi connectivity index (χ0n) is 6.13. The molecule has 1 fully saturated rings. The Hall–Kier alpha value is -0.350. The molecule has 1 rings (SSSR count). The van der Waals surface area contributed by atoms with E-state index in [1.54, 1.807) is 0 Å². The average Bonchev–Trinajstić information content (AvgIpc) is 2.13. The summed E-state index contributed by atoms with van der Waals surface area (Å²) in [5, 5.41) is 3.46. The van der Waals surface area contributed by atoms with Gasteiger partial charge in [-0.1, -0.05) is 0 Å². The van der Waals surface area contributed by atoms with Gasteiger partial charge in [-0.3, -0.25) is 0 Å². The van der Waals surface area contributed by atoms with Crippen molar-refractivity contribution < 1.29 is 0 Å². The Kier molecular flexibility index (Phi) is 2.45. The Morgan fingerprint density at radius 3 is 2.90 bits per heavy atom. The predicted molar refractivity (Wildman–Crippen MR) is 45.8 cm³/mol. The fourth-order valence-electron chi connectivity index (χ4n) is 1.25. The number of nitrogens with zero attached hydrogens (tertiary/aromatic N) is 1. The van der Waals surface area contributed by atoms with Gasteiger partial charge in [-0.2, -0.15) is 0 Å². The van der Waals surface area contributed by atoms with Gasteiger partial charge in [0.25, 0.3) is 0 Å². The first-order chi connectivity index (χ1) is 4.68. The minimum Gasteiger partial charge on any atom is -0.376 e. The van der Waals surface area contributed by atoms with Crippen LogP contribution in [0.3, 0.4) is 0 Å². The second kappa shape index (κ2) is 3.16. The molecule has 0 bridgehead atoms. The van der Waals surface area contributed by atoms with Gasteiger partial charge in [-0.15, -0.1) is 0 Å². The third-order valence-corrected chi connectivity index (χ3v) is 1.86. The lowest BCUT2D eigenvalue weighted by Gasteiger charge is -2.11. The van der Waals surface area contributed by atoms with E-state index >= 15 is 0 Å². The van der Waals surface area contributed by atoms with Crippen molar-refractivity contribution in [3.8, 4) is 0 Å². The highest BCUT2D eigenvalue weighted by Crippen LogP contribution is 2.04. The molecular formula is C6H13N3S. The summed E-state index contributed by atoms with van der Waals surface area (Å²) in [7, 11) is 2.10. The standard InChI is InChI=1S/C6H13N3S/c1-9-3-2-5(4-9)8-6(7)10/h5H,2-4H2,1H3,(H3,7,8,10). The molecule has 4 heteroatoms. The van der Waals surface area contributed by atoms with E-state index in [4.69, 9.17) is 18.0 Å². The van der Waals surface area contributed by atoms with Crippen LogP contribution in [0.15, 0.2) is 0 Å². The average molecular weight is 159 g/mol. The second-order valence-corrected chi connectivity index (χ2v) is 3.20. The summed E-state index contributed by atoms with van der Waals surface area (Å²) in [5.41, 5.74) is 5.32. The number of hydrogen-bond acceptors (Lipinski definition) is 2. The molecule has 1 aliphatic rings. The number of rotatable bonds is 1. The first kappa shape index (κ1) is 7.75. The smallest absolute Gasteiger partial charge is 0.163 e. The van der Waals surface area contributed by atoms with Crippen LogP contribution < -0.4 is 11.1 Å². The molecule has 0 radical (unpaired) electrons. The van der Waals surface area contributed by atoms with Gasteiger partial charge >= 0.3 is 0 Å². The molecule has 0 aromatic carbocycles. The molecule has 0 amide bonds. The normalized spacial score (nSPS) is 26.7. The van der Waals surface area contributed by atoms with Crippen LogP contribution in [0.1, 0.15) is 6.42 Å². The van der Waals surface area contributed by atoms with Crippen LogP contribution in [0.5, 0.6) is 0 Å². The highest BCUT2D eigenvalue weighted by Gasteiger charge is 2.18. The van der Waals surface area contributed by atoms with Crippen molar-refractivity contribution in [3.63, 3.8) is 0 Å². The number of thiocarbonyl (C=S) groups is 1. The van der Waals surface area contributed by atoms with Crippen molar-refractivity contribution in [2.75, 3.05) is 20.1 Å². The van der Waals surface area contributed by atoms with Gasteiger partial charge < -0.3 is 16.0 Å². The maximum atomic E-state index is 5.32. The van der Waals surface area contributed by atoms with Gasteiger partial charge in [-0.25, -0.2) is 0 Å². The van der Waals surface area contributed by atoms with E-state index < -0.39 is 0 Å². The number of nitrogens with two attached hydrogens (primary N) is 1. The number of likely N-dealkylation sites (tertiary alicyclic amines) is 1. The zero-order chi connectivity index (χ0) is 7.56. The molecule has 1 saturated heterocycles. The first-order valence-corrected chi connectivity index (χ1v) is 3.84. The van der Waals surface area contributed by atoms with Crippen LogP contribution in [-0.2, 0) is 0 Å². The molecule has 1 aliphatic heterocycles. The minimum atomic E-state index is 0.417. The van der Waals surface area contributed by atoms with Crippen LogP contribution >= 0.6 is 12.2 Å². The molecule has 0 aromatic rings. The van der Waals surface area contributed by atoms with E-state index in [2.05, 4.69) is 17.3 Å². The molecular weight excluding hydrogens is 146 g/mol. The van der Waals surface area contributed by atoms with Crippen molar-refractivity contribution in [1.29, 1.82) is 0 Å². The van der Waals surface area contributed by atoms with Crippen molar-refractivity contribution in [2.45, 2.75) is 12.5 Å².